The lowest BCUT2D eigenvalue weighted by Gasteiger charge is -2.58. The zero-order valence-corrected chi connectivity index (χ0v) is 34.1. The fourth-order valence-corrected chi connectivity index (χ4v) is 11.0. The summed E-state index contributed by atoms with van der Waals surface area (Å²) in [4.78, 5) is 12.8. The van der Waals surface area contributed by atoms with E-state index in [4.69, 9.17) is 4.74 Å². The van der Waals surface area contributed by atoms with Gasteiger partial charge in [-0.3, -0.25) is 4.79 Å². The molecule has 0 radical (unpaired) electrons. The van der Waals surface area contributed by atoms with E-state index in [-0.39, 0.29) is 12.1 Å². The first-order valence-electron chi connectivity index (χ1n) is 21.8. The van der Waals surface area contributed by atoms with Crippen molar-refractivity contribution in [2.45, 2.75) is 182 Å². The van der Waals surface area contributed by atoms with Crippen LogP contribution in [0, 0.1) is 46.3 Å². The highest BCUT2D eigenvalue weighted by Gasteiger charge is 2.59. The maximum atomic E-state index is 12.8. The van der Waals surface area contributed by atoms with E-state index < -0.39 is 0 Å². The van der Waals surface area contributed by atoms with Crippen LogP contribution in [0.15, 0.2) is 72.4 Å². The number of hydrogen-bond donors (Lipinski definition) is 0. The van der Waals surface area contributed by atoms with E-state index in [1.165, 1.54) is 83.5 Å². The van der Waals surface area contributed by atoms with Gasteiger partial charge in [-0.05, 0) is 136 Å². The Morgan fingerprint density at radius 3 is 2.06 bits per heavy atom. The fraction of sp³-hybridized carbons (Fsp3) is 0.735. The molecule has 8 atom stereocenters. The van der Waals surface area contributed by atoms with Gasteiger partial charge in [-0.2, -0.15) is 0 Å². The van der Waals surface area contributed by atoms with E-state index in [2.05, 4.69) is 108 Å². The second-order valence-electron chi connectivity index (χ2n) is 18.0. The molecule has 4 aliphatic rings. The lowest BCUT2D eigenvalue weighted by molar-refractivity contribution is -0.151. The average molecular weight is 699 g/mol. The van der Waals surface area contributed by atoms with Crippen LogP contribution < -0.4 is 0 Å². The summed E-state index contributed by atoms with van der Waals surface area (Å²) in [6.45, 7) is 14.9. The minimum Gasteiger partial charge on any atom is -0.462 e. The predicted octanol–water partition coefficient (Wildman–Crippen LogP) is 14.6. The van der Waals surface area contributed by atoms with Crippen molar-refractivity contribution in [1.29, 1.82) is 0 Å². The second kappa shape index (κ2) is 21.6. The van der Waals surface area contributed by atoms with Crippen LogP contribution in [0.1, 0.15) is 176 Å². The quantitative estimate of drug-likeness (QED) is 0.0677. The van der Waals surface area contributed by atoms with E-state index in [9.17, 15) is 4.79 Å². The zero-order valence-electron chi connectivity index (χ0n) is 34.1. The van der Waals surface area contributed by atoms with Crippen molar-refractivity contribution >= 4 is 5.97 Å². The molecule has 0 heterocycles. The molecule has 0 aliphatic heterocycles. The van der Waals surface area contributed by atoms with Crippen molar-refractivity contribution in [1.82, 2.24) is 0 Å². The van der Waals surface area contributed by atoms with Crippen LogP contribution in [0.5, 0.6) is 0 Å². The van der Waals surface area contributed by atoms with E-state index in [0.29, 0.717) is 17.3 Å². The molecule has 4 aliphatic carbocycles. The first kappa shape index (κ1) is 41.7. The van der Waals surface area contributed by atoms with Gasteiger partial charge in [0, 0.05) is 12.8 Å². The lowest BCUT2D eigenvalue weighted by atomic mass is 9.47. The number of ether oxygens (including phenoxy) is 1. The molecule has 286 valence electrons. The lowest BCUT2D eigenvalue weighted by Crippen LogP contribution is -2.51. The third-order valence-electron chi connectivity index (χ3n) is 14.0. The fourth-order valence-electron chi connectivity index (χ4n) is 11.0. The van der Waals surface area contributed by atoms with Crippen LogP contribution in [-0.2, 0) is 9.53 Å². The summed E-state index contributed by atoms with van der Waals surface area (Å²) in [5.41, 5.74) is 2.46. The van der Waals surface area contributed by atoms with Crippen LogP contribution in [0.4, 0.5) is 0 Å². The van der Waals surface area contributed by atoms with Crippen LogP contribution in [0.2, 0.25) is 0 Å². The number of carbonyl (C=O) groups excluding carboxylic acids is 1. The first-order chi connectivity index (χ1) is 24.7. The summed E-state index contributed by atoms with van der Waals surface area (Å²) in [7, 11) is 0. The Labute approximate surface area is 315 Å². The second-order valence-corrected chi connectivity index (χ2v) is 18.0. The molecular weight excluding hydrogens is 621 g/mol. The molecule has 51 heavy (non-hydrogen) atoms. The van der Waals surface area contributed by atoms with Gasteiger partial charge in [-0.25, -0.2) is 0 Å². The Morgan fingerprint density at radius 2 is 1.41 bits per heavy atom. The standard InChI is InChI=1S/C49H78O2/c1-7-8-9-10-11-12-13-14-15-16-17-18-19-20-21-22-23-24-25-29-47(50)51-42-34-36-48(5)41(38-42)30-31-43-45-33-32-44(40(4)28-26-27-39(2)3)49(45,6)37-35-46(43)48/h11-12,14-15,17-18,20-21,23-24,30,39-40,42-46H,7-10,13,16,19,22,25-29,31-38H2,1-6H3/b12-11-,15-14-,18-17-,21-20-,24-23-/t40-,42+,43?,44?,45?,46?,48+,49-/m1/s1. The maximum Gasteiger partial charge on any atom is 0.306 e. The zero-order chi connectivity index (χ0) is 36.5. The Hall–Kier alpha value is -2.09. The molecule has 0 aromatic carbocycles. The Bertz CT molecular complexity index is 1210. The normalized spacial score (nSPS) is 31.6. The predicted molar refractivity (Wildman–Crippen MR) is 220 cm³/mol. The molecule has 0 N–H and O–H groups in total. The summed E-state index contributed by atoms with van der Waals surface area (Å²) < 4.78 is 6.09. The molecule has 2 heteroatoms. The Kier molecular flexibility index (Phi) is 17.6. The molecule has 2 nitrogen and oxygen atoms in total. The van der Waals surface area contributed by atoms with Gasteiger partial charge >= 0.3 is 5.97 Å². The highest BCUT2D eigenvalue weighted by Crippen LogP contribution is 2.67. The maximum absolute atomic E-state index is 12.8. The third kappa shape index (κ3) is 12.2. The van der Waals surface area contributed by atoms with Crippen molar-refractivity contribution < 1.29 is 9.53 Å². The first-order valence-corrected chi connectivity index (χ1v) is 21.8. The van der Waals surface area contributed by atoms with Gasteiger partial charge < -0.3 is 4.74 Å². The summed E-state index contributed by atoms with van der Waals surface area (Å²) in [6.07, 6.45) is 49.8. The molecule has 0 bridgehead atoms. The highest BCUT2D eigenvalue weighted by molar-refractivity contribution is 5.69. The molecule has 3 saturated carbocycles. The average Bonchev–Trinajstić information content (AvgIpc) is 3.46. The molecular formula is C49H78O2. The molecule has 0 spiro atoms. The summed E-state index contributed by atoms with van der Waals surface area (Å²) in [5.74, 6) is 5.16. The molecule has 0 saturated heterocycles. The molecule has 0 amide bonds. The third-order valence-corrected chi connectivity index (χ3v) is 14.0. The topological polar surface area (TPSA) is 26.3 Å². The summed E-state index contributed by atoms with van der Waals surface area (Å²) >= 11 is 0. The number of unbranched alkanes of at least 4 members (excludes halogenated alkanes) is 3. The molecule has 0 aromatic rings. The highest BCUT2D eigenvalue weighted by atomic mass is 16.5. The SMILES string of the molecule is CCCCC/C=C\C/C=C\C/C=C\C/C=C\C/C=C\CCC(=O)O[C@H]1CC[C@@]2(C)C(=CCC3C4CCC([C@H](C)CCCC(C)C)[C@@]4(C)CCC32)C1. The number of hydrogen-bond acceptors (Lipinski definition) is 2. The molecule has 3 fully saturated rings. The molecule has 4 rings (SSSR count). The van der Waals surface area contributed by atoms with E-state index in [1.54, 1.807) is 5.57 Å². The number of rotatable bonds is 21. The van der Waals surface area contributed by atoms with Crippen molar-refractivity contribution in [3.05, 3.63) is 72.4 Å². The van der Waals surface area contributed by atoms with Gasteiger partial charge in [0.25, 0.3) is 0 Å². The van der Waals surface area contributed by atoms with Gasteiger partial charge in [0.2, 0.25) is 0 Å². The van der Waals surface area contributed by atoms with Crippen LogP contribution in [0.3, 0.4) is 0 Å². The van der Waals surface area contributed by atoms with Gasteiger partial charge in [-0.1, -0.05) is 146 Å². The van der Waals surface area contributed by atoms with Crippen LogP contribution >= 0.6 is 0 Å². The minimum atomic E-state index is -0.0202. The van der Waals surface area contributed by atoms with Gasteiger partial charge in [0.1, 0.15) is 6.10 Å². The van der Waals surface area contributed by atoms with Crippen molar-refractivity contribution in [3.8, 4) is 0 Å². The smallest absolute Gasteiger partial charge is 0.306 e. The van der Waals surface area contributed by atoms with Gasteiger partial charge in [-0.15, -0.1) is 0 Å². The van der Waals surface area contributed by atoms with Gasteiger partial charge in [0.05, 0.1) is 0 Å². The Balaban J connectivity index is 1.11. The molecule has 0 aromatic heterocycles. The summed E-state index contributed by atoms with van der Waals surface area (Å²) in [5, 5.41) is 0. The van der Waals surface area contributed by atoms with E-state index in [1.807, 2.05) is 0 Å². The van der Waals surface area contributed by atoms with Crippen LogP contribution in [-0.4, -0.2) is 12.1 Å². The number of allylic oxidation sites excluding steroid dienone is 11. The van der Waals surface area contributed by atoms with Crippen molar-refractivity contribution in [2.75, 3.05) is 0 Å². The van der Waals surface area contributed by atoms with Crippen molar-refractivity contribution in [3.63, 3.8) is 0 Å². The monoisotopic (exact) mass is 699 g/mol. The molecule has 4 unspecified atom stereocenters. The number of carbonyl (C=O) groups is 1. The summed E-state index contributed by atoms with van der Waals surface area (Å²) in [6, 6.07) is 0. The van der Waals surface area contributed by atoms with Crippen molar-refractivity contribution in [2.24, 2.45) is 46.3 Å². The minimum absolute atomic E-state index is 0.0202. The largest absolute Gasteiger partial charge is 0.462 e. The number of esters is 1. The van der Waals surface area contributed by atoms with Gasteiger partial charge in [0.15, 0.2) is 0 Å². The van der Waals surface area contributed by atoms with Crippen LogP contribution in [0.25, 0.3) is 0 Å². The van der Waals surface area contributed by atoms with E-state index in [0.717, 1.165) is 80.5 Å². The van der Waals surface area contributed by atoms with E-state index >= 15 is 0 Å². The number of fused-ring (bicyclic) bond motifs is 5. The Morgan fingerprint density at radius 1 is 0.765 bits per heavy atom.